The number of hydrogen-bond acceptors (Lipinski definition) is 4. The number of hydrogen-bond donors (Lipinski definition) is 1. The number of rotatable bonds is 2. The predicted octanol–water partition coefficient (Wildman–Crippen LogP) is 3.77. The topological polar surface area (TPSA) is 24.4 Å². The van der Waals surface area contributed by atoms with Crippen LogP contribution in [0.1, 0.15) is 44.9 Å². The van der Waals surface area contributed by atoms with Crippen molar-refractivity contribution in [3.63, 3.8) is 0 Å². The van der Waals surface area contributed by atoms with E-state index in [1.807, 2.05) is 11.8 Å². The molecular formula is C15H26N2S2. The van der Waals surface area contributed by atoms with Gasteiger partial charge in [-0.2, -0.15) is 11.8 Å². The summed E-state index contributed by atoms with van der Waals surface area (Å²) in [6, 6.07) is 0. The molecule has 0 atom stereocenters. The molecule has 0 bridgehead atoms. The Morgan fingerprint density at radius 3 is 2.63 bits per heavy atom. The minimum atomic E-state index is 0.565. The van der Waals surface area contributed by atoms with Crippen LogP contribution in [0.4, 0.5) is 0 Å². The normalized spacial score (nSPS) is 28.1. The van der Waals surface area contributed by atoms with Gasteiger partial charge in [0.1, 0.15) is 0 Å². The highest BCUT2D eigenvalue weighted by atomic mass is 32.2. The molecule has 1 saturated carbocycles. The summed E-state index contributed by atoms with van der Waals surface area (Å²) in [7, 11) is 0. The average molecular weight is 299 g/mol. The highest BCUT2D eigenvalue weighted by Gasteiger charge is 2.34. The second-order valence-electron chi connectivity index (χ2n) is 6.41. The van der Waals surface area contributed by atoms with Crippen molar-refractivity contribution in [2.75, 3.05) is 30.3 Å². The van der Waals surface area contributed by atoms with Gasteiger partial charge in [-0.15, -0.1) is 0 Å². The van der Waals surface area contributed by atoms with Gasteiger partial charge < -0.3 is 5.32 Å². The molecule has 0 aromatic rings. The van der Waals surface area contributed by atoms with E-state index in [-0.39, 0.29) is 0 Å². The van der Waals surface area contributed by atoms with E-state index in [1.54, 1.807) is 0 Å². The smallest absolute Gasteiger partial charge is 0.156 e. The number of amidine groups is 1. The van der Waals surface area contributed by atoms with Gasteiger partial charge in [-0.05, 0) is 48.5 Å². The van der Waals surface area contributed by atoms with E-state index in [9.17, 15) is 0 Å². The summed E-state index contributed by atoms with van der Waals surface area (Å²) < 4.78 is 0. The largest absolute Gasteiger partial charge is 0.365 e. The van der Waals surface area contributed by atoms with Gasteiger partial charge in [0.05, 0.1) is 0 Å². The Hall–Kier alpha value is 0.170. The molecule has 4 heteroatoms. The summed E-state index contributed by atoms with van der Waals surface area (Å²) in [5.41, 5.74) is 0.565. The van der Waals surface area contributed by atoms with Gasteiger partial charge in [-0.3, -0.25) is 4.99 Å². The lowest BCUT2D eigenvalue weighted by atomic mass is 9.75. The molecule has 1 N–H and O–H groups in total. The molecule has 0 amide bonds. The number of nitrogens with one attached hydrogen (secondary N) is 1. The average Bonchev–Trinajstić information content (AvgIpc) is 2.49. The standard InChI is InChI=1S/C15H26N2S2/c1-2-6-15(7-3-1)11-17-14(19-12-15)16-10-13-4-8-18-9-5-13/h13H,1-12H2,(H,16,17). The Balaban J connectivity index is 1.45. The van der Waals surface area contributed by atoms with Gasteiger partial charge in [0.15, 0.2) is 5.17 Å². The number of nitrogens with zero attached hydrogens (tertiary/aromatic N) is 1. The van der Waals surface area contributed by atoms with Gasteiger partial charge in [0, 0.05) is 18.8 Å². The molecular weight excluding hydrogens is 272 g/mol. The van der Waals surface area contributed by atoms with Crippen LogP contribution in [0, 0.1) is 11.3 Å². The summed E-state index contributed by atoms with van der Waals surface area (Å²) in [5, 5.41) is 4.85. The fraction of sp³-hybridized carbons (Fsp3) is 0.933. The molecule has 0 aromatic carbocycles. The van der Waals surface area contributed by atoms with E-state index < -0.39 is 0 Å². The molecule has 3 aliphatic rings. The zero-order chi connectivity index (χ0) is 13.0. The molecule has 2 nitrogen and oxygen atoms in total. The Bertz CT molecular complexity index is 318. The van der Waals surface area contributed by atoms with Gasteiger partial charge in [-0.25, -0.2) is 0 Å². The first-order chi connectivity index (χ1) is 9.36. The maximum atomic E-state index is 4.85. The van der Waals surface area contributed by atoms with Crippen LogP contribution in [-0.4, -0.2) is 35.5 Å². The molecule has 1 spiro atoms. The zero-order valence-electron chi connectivity index (χ0n) is 11.8. The van der Waals surface area contributed by atoms with Crippen LogP contribution in [-0.2, 0) is 0 Å². The number of thioether (sulfide) groups is 2. The van der Waals surface area contributed by atoms with Crippen molar-refractivity contribution in [3.8, 4) is 0 Å². The molecule has 2 fully saturated rings. The van der Waals surface area contributed by atoms with Crippen LogP contribution in [0.25, 0.3) is 0 Å². The van der Waals surface area contributed by atoms with Crippen molar-refractivity contribution in [2.45, 2.75) is 44.9 Å². The zero-order valence-corrected chi connectivity index (χ0v) is 13.5. The molecule has 108 valence electrons. The highest BCUT2D eigenvalue weighted by Crippen LogP contribution is 2.41. The van der Waals surface area contributed by atoms with Crippen molar-refractivity contribution < 1.29 is 0 Å². The third-order valence-electron chi connectivity index (χ3n) is 4.87. The minimum absolute atomic E-state index is 0.565. The Morgan fingerprint density at radius 1 is 1.16 bits per heavy atom. The van der Waals surface area contributed by atoms with E-state index in [4.69, 9.17) is 4.99 Å². The maximum Gasteiger partial charge on any atom is 0.156 e. The van der Waals surface area contributed by atoms with Crippen LogP contribution in [0.5, 0.6) is 0 Å². The molecule has 0 aromatic heterocycles. The van der Waals surface area contributed by atoms with E-state index >= 15 is 0 Å². The summed E-state index contributed by atoms with van der Waals surface area (Å²) in [4.78, 5) is 4.85. The van der Waals surface area contributed by atoms with Gasteiger partial charge in [-0.1, -0.05) is 31.0 Å². The summed E-state index contributed by atoms with van der Waals surface area (Å²) >= 11 is 4.10. The van der Waals surface area contributed by atoms with Crippen molar-refractivity contribution in [1.82, 2.24) is 5.32 Å². The van der Waals surface area contributed by atoms with Crippen LogP contribution in [0.3, 0.4) is 0 Å². The maximum absolute atomic E-state index is 4.85. The molecule has 0 unspecified atom stereocenters. The van der Waals surface area contributed by atoms with Crippen LogP contribution < -0.4 is 5.32 Å². The van der Waals surface area contributed by atoms with E-state index in [0.29, 0.717) is 5.41 Å². The lowest BCUT2D eigenvalue weighted by Gasteiger charge is -2.38. The summed E-state index contributed by atoms with van der Waals surface area (Å²) in [5.74, 6) is 4.90. The van der Waals surface area contributed by atoms with Gasteiger partial charge in [0.25, 0.3) is 0 Å². The molecule has 2 aliphatic heterocycles. The van der Waals surface area contributed by atoms with Gasteiger partial charge >= 0.3 is 0 Å². The summed E-state index contributed by atoms with van der Waals surface area (Å²) in [6.45, 7) is 2.24. The second-order valence-corrected chi connectivity index (χ2v) is 8.60. The first-order valence-electron chi connectivity index (χ1n) is 7.85. The van der Waals surface area contributed by atoms with E-state index in [2.05, 4.69) is 17.1 Å². The third-order valence-corrected chi connectivity index (χ3v) is 7.22. The minimum Gasteiger partial charge on any atom is -0.365 e. The van der Waals surface area contributed by atoms with Crippen molar-refractivity contribution >= 4 is 28.7 Å². The fourth-order valence-corrected chi connectivity index (χ4v) is 5.81. The first-order valence-corrected chi connectivity index (χ1v) is 9.99. The molecule has 0 radical (unpaired) electrons. The summed E-state index contributed by atoms with van der Waals surface area (Å²) in [6.07, 6.45) is 9.91. The lowest BCUT2D eigenvalue weighted by Crippen LogP contribution is -2.38. The molecule has 1 saturated heterocycles. The van der Waals surface area contributed by atoms with Crippen molar-refractivity contribution in [3.05, 3.63) is 0 Å². The molecule has 1 aliphatic carbocycles. The third kappa shape index (κ3) is 3.84. The van der Waals surface area contributed by atoms with Crippen LogP contribution in [0.15, 0.2) is 4.99 Å². The molecule has 2 heterocycles. The van der Waals surface area contributed by atoms with Gasteiger partial charge in [0.2, 0.25) is 0 Å². The highest BCUT2D eigenvalue weighted by molar-refractivity contribution is 8.13. The SMILES string of the molecule is C1CCC2(CC1)CN=C(NCC1CCSCC1)SC2. The van der Waals surface area contributed by atoms with Crippen molar-refractivity contribution in [2.24, 2.45) is 16.3 Å². The Morgan fingerprint density at radius 2 is 1.95 bits per heavy atom. The molecule has 3 rings (SSSR count). The first kappa shape index (κ1) is 14.1. The predicted molar refractivity (Wildman–Crippen MR) is 88.3 cm³/mol. The van der Waals surface area contributed by atoms with E-state index in [0.717, 1.165) is 19.0 Å². The number of aliphatic imine (C=N–C) groups is 1. The fourth-order valence-electron chi connectivity index (χ4n) is 3.45. The van der Waals surface area contributed by atoms with E-state index in [1.165, 1.54) is 67.4 Å². The Labute approximate surface area is 126 Å². The lowest BCUT2D eigenvalue weighted by molar-refractivity contribution is 0.232. The molecule has 19 heavy (non-hydrogen) atoms. The second kappa shape index (κ2) is 6.75. The quantitative estimate of drug-likeness (QED) is 0.840. The van der Waals surface area contributed by atoms with Crippen LogP contribution in [0.2, 0.25) is 0 Å². The van der Waals surface area contributed by atoms with Crippen molar-refractivity contribution in [1.29, 1.82) is 0 Å². The monoisotopic (exact) mass is 298 g/mol. The van der Waals surface area contributed by atoms with Crippen LogP contribution >= 0.6 is 23.5 Å². The Kier molecular flexibility index (Phi) is 5.02.